The van der Waals surface area contributed by atoms with Gasteiger partial charge in [-0.25, -0.2) is 0 Å². The maximum absolute atomic E-state index is 13.1. The maximum atomic E-state index is 13.1. The first-order chi connectivity index (χ1) is 18.4. The first-order valence-corrected chi connectivity index (χ1v) is 13.2. The van der Waals surface area contributed by atoms with E-state index < -0.39 is 11.9 Å². The van der Waals surface area contributed by atoms with Crippen molar-refractivity contribution >= 4 is 17.7 Å². The Labute approximate surface area is 222 Å². The third-order valence-corrected chi connectivity index (χ3v) is 8.00. The molecule has 0 aliphatic carbocycles. The molecular weight excluding hydrogens is 480 g/mol. The molecule has 1 N–H and O–H groups in total. The second-order valence-electron chi connectivity index (χ2n) is 10.6. The van der Waals surface area contributed by atoms with E-state index in [0.29, 0.717) is 18.5 Å². The number of carbonyl (C=O) groups excluding carboxylic acids is 3. The summed E-state index contributed by atoms with van der Waals surface area (Å²) in [4.78, 5) is 43.5. The number of aryl methyl sites for hydroxylation is 1. The average Bonchev–Trinajstić information content (AvgIpc) is 3.45. The van der Waals surface area contributed by atoms with Crippen LogP contribution in [0.2, 0.25) is 0 Å². The van der Waals surface area contributed by atoms with E-state index in [-0.39, 0.29) is 18.2 Å². The van der Waals surface area contributed by atoms with Crippen LogP contribution in [0.5, 0.6) is 0 Å². The van der Waals surface area contributed by atoms with E-state index in [0.717, 1.165) is 60.7 Å². The number of fused-ring (bicyclic) bond motifs is 1. The predicted octanol–water partition coefficient (Wildman–Crippen LogP) is 2.26. The lowest BCUT2D eigenvalue weighted by Gasteiger charge is -2.32. The molecule has 0 radical (unpaired) electrons. The summed E-state index contributed by atoms with van der Waals surface area (Å²) in [5, 5.41) is 6.91. The highest BCUT2D eigenvalue weighted by atomic mass is 16.2. The zero-order valence-corrected chi connectivity index (χ0v) is 21.8. The Bertz CT molecular complexity index is 1400. The maximum Gasteiger partial charge on any atom is 0.255 e. The van der Waals surface area contributed by atoms with Crippen LogP contribution in [0, 0.1) is 0 Å². The number of nitrogens with zero attached hydrogens (tertiary/aromatic N) is 5. The van der Waals surface area contributed by atoms with Gasteiger partial charge in [0.1, 0.15) is 6.04 Å². The summed E-state index contributed by atoms with van der Waals surface area (Å²) in [7, 11) is 4.11. The summed E-state index contributed by atoms with van der Waals surface area (Å²) in [5.74, 6) is -0.842. The summed E-state index contributed by atoms with van der Waals surface area (Å²) in [6, 6.07) is 13.9. The Morgan fingerprint density at radius 3 is 2.39 bits per heavy atom. The number of aromatic nitrogens is 2. The van der Waals surface area contributed by atoms with Crippen molar-refractivity contribution in [2.45, 2.75) is 32.0 Å². The number of piperidine rings is 1. The zero-order valence-electron chi connectivity index (χ0n) is 21.8. The molecule has 0 spiro atoms. The fourth-order valence-corrected chi connectivity index (χ4v) is 5.77. The van der Waals surface area contributed by atoms with Gasteiger partial charge in [-0.1, -0.05) is 30.3 Å². The van der Waals surface area contributed by atoms with Crippen LogP contribution >= 0.6 is 0 Å². The van der Waals surface area contributed by atoms with Crippen LogP contribution in [-0.2, 0) is 29.7 Å². The van der Waals surface area contributed by atoms with Crippen LogP contribution < -0.4 is 5.32 Å². The molecular formula is C29H32N6O3. The minimum atomic E-state index is -0.616. The largest absolute Gasteiger partial charge is 0.322 e. The van der Waals surface area contributed by atoms with Crippen LogP contribution in [0.3, 0.4) is 0 Å². The minimum absolute atomic E-state index is 0.164. The van der Waals surface area contributed by atoms with Crippen molar-refractivity contribution in [3.63, 3.8) is 0 Å². The lowest BCUT2D eigenvalue weighted by atomic mass is 9.97. The van der Waals surface area contributed by atoms with Crippen LogP contribution in [0.15, 0.2) is 48.7 Å². The van der Waals surface area contributed by atoms with Gasteiger partial charge in [-0.05, 0) is 42.3 Å². The van der Waals surface area contributed by atoms with E-state index in [1.165, 1.54) is 5.56 Å². The summed E-state index contributed by atoms with van der Waals surface area (Å²) in [6.07, 6.45) is 2.47. The van der Waals surface area contributed by atoms with Gasteiger partial charge in [0.2, 0.25) is 11.8 Å². The van der Waals surface area contributed by atoms with E-state index in [4.69, 9.17) is 0 Å². The SMILES string of the molecule is CN1CCN(Cc2ccc(-c3c(-c4ccc5c(c4)CN([C@H]4CCC(=O)NC4=O)C5=O)cnn3C)cc2)CC1. The first-order valence-electron chi connectivity index (χ1n) is 13.2. The molecule has 9 nitrogen and oxygen atoms in total. The fraction of sp³-hybridized carbons (Fsp3) is 0.379. The van der Waals surface area contributed by atoms with Crippen molar-refractivity contribution in [1.29, 1.82) is 0 Å². The highest BCUT2D eigenvalue weighted by Gasteiger charge is 2.39. The number of nitrogens with one attached hydrogen (secondary N) is 1. The standard InChI is InChI=1S/C29H32N6O3/c1-32-11-13-34(14-12-32)17-19-3-5-20(6-4-19)27-24(16-30-33(27)2)21-7-8-23-22(15-21)18-35(29(23)38)25-9-10-26(36)31-28(25)37/h3-8,15-16,25H,9-14,17-18H2,1-2H3,(H,31,36,37)/t25-/m0/s1. The lowest BCUT2D eigenvalue weighted by molar-refractivity contribution is -0.136. The molecule has 0 saturated carbocycles. The molecule has 2 fully saturated rings. The molecule has 2 saturated heterocycles. The minimum Gasteiger partial charge on any atom is -0.322 e. The third kappa shape index (κ3) is 4.52. The monoisotopic (exact) mass is 512 g/mol. The Morgan fingerprint density at radius 1 is 0.921 bits per heavy atom. The topological polar surface area (TPSA) is 90.8 Å². The Hall–Kier alpha value is -3.82. The van der Waals surface area contributed by atoms with Crippen molar-refractivity contribution in [2.75, 3.05) is 33.2 Å². The molecule has 9 heteroatoms. The van der Waals surface area contributed by atoms with Gasteiger partial charge in [-0.3, -0.25) is 29.3 Å². The van der Waals surface area contributed by atoms with Gasteiger partial charge in [0.05, 0.1) is 11.9 Å². The average molecular weight is 513 g/mol. The van der Waals surface area contributed by atoms with Gasteiger partial charge in [-0.15, -0.1) is 0 Å². The van der Waals surface area contributed by atoms with E-state index in [1.807, 2.05) is 36.1 Å². The molecule has 38 heavy (non-hydrogen) atoms. The number of hydrogen-bond acceptors (Lipinski definition) is 6. The van der Waals surface area contributed by atoms with Gasteiger partial charge < -0.3 is 9.80 Å². The van der Waals surface area contributed by atoms with Gasteiger partial charge in [0.25, 0.3) is 5.91 Å². The van der Waals surface area contributed by atoms with Crippen molar-refractivity contribution in [3.05, 3.63) is 65.4 Å². The van der Waals surface area contributed by atoms with E-state index in [1.54, 1.807) is 4.90 Å². The van der Waals surface area contributed by atoms with Gasteiger partial charge >= 0.3 is 0 Å². The number of benzene rings is 2. The molecule has 0 bridgehead atoms. The van der Waals surface area contributed by atoms with E-state index >= 15 is 0 Å². The molecule has 2 aromatic carbocycles. The second kappa shape index (κ2) is 9.81. The lowest BCUT2D eigenvalue weighted by Crippen LogP contribution is -2.52. The quantitative estimate of drug-likeness (QED) is 0.528. The third-order valence-electron chi connectivity index (χ3n) is 8.00. The van der Waals surface area contributed by atoms with Crippen molar-refractivity contribution in [3.8, 4) is 22.4 Å². The number of carbonyl (C=O) groups is 3. The first kappa shape index (κ1) is 24.5. The van der Waals surface area contributed by atoms with Crippen LogP contribution in [0.1, 0.15) is 34.3 Å². The molecule has 6 rings (SSSR count). The van der Waals surface area contributed by atoms with Gasteiger partial charge in [0, 0.05) is 69.4 Å². The number of likely N-dealkylation sites (N-methyl/N-ethyl adjacent to an activating group) is 1. The van der Waals surface area contributed by atoms with Crippen LogP contribution in [0.4, 0.5) is 0 Å². The fourth-order valence-electron chi connectivity index (χ4n) is 5.77. The zero-order chi connectivity index (χ0) is 26.4. The Kier molecular flexibility index (Phi) is 6.33. The number of rotatable bonds is 5. The van der Waals surface area contributed by atoms with Crippen molar-refractivity contribution in [1.82, 2.24) is 29.8 Å². The summed E-state index contributed by atoms with van der Waals surface area (Å²) in [5.41, 5.74) is 6.87. The molecule has 3 aliphatic rings. The van der Waals surface area contributed by atoms with E-state index in [2.05, 4.69) is 51.5 Å². The van der Waals surface area contributed by atoms with Crippen molar-refractivity contribution in [2.24, 2.45) is 7.05 Å². The normalized spacial score (nSPS) is 20.6. The summed E-state index contributed by atoms with van der Waals surface area (Å²) >= 11 is 0. The van der Waals surface area contributed by atoms with Gasteiger partial charge in [-0.2, -0.15) is 5.10 Å². The molecule has 1 atom stereocenters. The predicted molar refractivity (Wildman–Crippen MR) is 143 cm³/mol. The van der Waals surface area contributed by atoms with Crippen molar-refractivity contribution < 1.29 is 14.4 Å². The number of hydrogen-bond donors (Lipinski definition) is 1. The molecule has 3 amide bonds. The highest BCUT2D eigenvalue weighted by molar-refractivity contribution is 6.05. The smallest absolute Gasteiger partial charge is 0.255 e. The Balaban J connectivity index is 1.23. The summed E-state index contributed by atoms with van der Waals surface area (Å²) in [6.45, 7) is 5.69. The Morgan fingerprint density at radius 2 is 1.66 bits per heavy atom. The van der Waals surface area contributed by atoms with Crippen LogP contribution in [-0.4, -0.2) is 81.5 Å². The molecule has 4 heterocycles. The second-order valence-corrected chi connectivity index (χ2v) is 10.6. The van der Waals surface area contributed by atoms with E-state index in [9.17, 15) is 14.4 Å². The number of piperazine rings is 1. The number of amides is 3. The van der Waals surface area contributed by atoms with Gasteiger partial charge in [0.15, 0.2) is 0 Å². The molecule has 3 aromatic rings. The van der Waals surface area contributed by atoms with Crippen LogP contribution in [0.25, 0.3) is 22.4 Å². The molecule has 0 unspecified atom stereocenters. The molecule has 3 aliphatic heterocycles. The highest BCUT2D eigenvalue weighted by Crippen LogP contribution is 2.35. The summed E-state index contributed by atoms with van der Waals surface area (Å²) < 4.78 is 1.89. The molecule has 196 valence electrons. The number of imide groups is 1. The molecule has 1 aromatic heterocycles.